The van der Waals surface area contributed by atoms with Gasteiger partial charge in [0.15, 0.2) is 5.78 Å². The van der Waals surface area contributed by atoms with Crippen molar-refractivity contribution in [3.05, 3.63) is 0 Å². The van der Waals surface area contributed by atoms with Gasteiger partial charge in [-0.25, -0.2) is 0 Å². The smallest absolute Gasteiger partial charge is 0.151 e. The molecule has 0 aliphatic heterocycles. The standard InChI is InChI=1S/C42H72Cl2O/c1-3-5-7-9-11-13-15-33-17-21-35(22-18-33)37-25-29-40(30-26-37)39(45)41(42(40,43)44)31-27-38(28-32-41)36-23-19-34(20-24-36)16-14-12-10-8-6-4-2/h33-38H,3-32H2,1-2H3. The van der Waals surface area contributed by atoms with Crippen LogP contribution in [0, 0.1) is 46.3 Å². The molecule has 3 heteroatoms. The van der Waals surface area contributed by atoms with Gasteiger partial charge in [-0.3, -0.25) is 4.79 Å². The molecule has 0 N–H and O–H groups in total. The molecule has 0 aromatic heterocycles. The first-order chi connectivity index (χ1) is 21.9. The van der Waals surface area contributed by atoms with Crippen molar-refractivity contribution in [3.63, 3.8) is 0 Å². The fraction of sp³-hybridized carbons (Fsp3) is 0.976. The van der Waals surface area contributed by atoms with Crippen LogP contribution in [0.1, 0.15) is 206 Å². The van der Waals surface area contributed by atoms with E-state index in [9.17, 15) is 4.79 Å². The van der Waals surface area contributed by atoms with Crippen molar-refractivity contribution >= 4 is 29.0 Å². The summed E-state index contributed by atoms with van der Waals surface area (Å²) in [6.07, 6.45) is 40.0. The lowest BCUT2D eigenvalue weighted by Gasteiger charge is -2.67. The Hall–Kier alpha value is 0.250. The molecule has 0 aromatic carbocycles. The normalized spacial score (nSPS) is 38.4. The van der Waals surface area contributed by atoms with Crippen LogP contribution in [0.3, 0.4) is 0 Å². The van der Waals surface area contributed by atoms with E-state index in [4.69, 9.17) is 23.2 Å². The Morgan fingerprint density at radius 3 is 1.11 bits per heavy atom. The van der Waals surface area contributed by atoms with E-state index >= 15 is 0 Å². The van der Waals surface area contributed by atoms with Crippen molar-refractivity contribution in [2.24, 2.45) is 46.3 Å². The minimum atomic E-state index is -0.837. The van der Waals surface area contributed by atoms with Crippen LogP contribution in [0.15, 0.2) is 0 Å². The highest BCUT2D eigenvalue weighted by Gasteiger charge is 2.79. The monoisotopic (exact) mass is 662 g/mol. The summed E-state index contributed by atoms with van der Waals surface area (Å²) >= 11 is 14.8. The summed E-state index contributed by atoms with van der Waals surface area (Å²) in [6, 6.07) is 0. The SMILES string of the molecule is CCCCCCCCC1CCC(C2CCC3(CC2)C(=O)C2(CCC(C4CCC(CCCCCCCC)CC4)CC2)C3(Cl)Cl)CC1. The molecular weight excluding hydrogens is 591 g/mol. The lowest BCUT2D eigenvalue weighted by atomic mass is 9.41. The molecule has 2 spiro atoms. The molecule has 0 radical (unpaired) electrons. The Kier molecular flexibility index (Phi) is 14.0. The fourth-order valence-corrected chi connectivity index (χ4v) is 12.9. The molecule has 1 nitrogen and oxygen atoms in total. The van der Waals surface area contributed by atoms with E-state index in [0.29, 0.717) is 5.78 Å². The average Bonchev–Trinajstić information content (AvgIpc) is 3.08. The van der Waals surface area contributed by atoms with Crippen molar-refractivity contribution in [1.29, 1.82) is 0 Å². The molecule has 0 unspecified atom stereocenters. The van der Waals surface area contributed by atoms with Crippen LogP contribution in [-0.4, -0.2) is 10.1 Å². The summed E-state index contributed by atoms with van der Waals surface area (Å²) in [6.45, 7) is 4.61. The lowest BCUT2D eigenvalue weighted by molar-refractivity contribution is -0.173. The zero-order valence-corrected chi connectivity index (χ0v) is 31.4. The van der Waals surface area contributed by atoms with Gasteiger partial charge in [0, 0.05) is 0 Å². The molecule has 5 fully saturated rings. The van der Waals surface area contributed by atoms with Crippen LogP contribution in [0.4, 0.5) is 0 Å². The summed E-state index contributed by atoms with van der Waals surface area (Å²) in [7, 11) is 0. The van der Waals surface area contributed by atoms with Gasteiger partial charge < -0.3 is 0 Å². The molecule has 5 aliphatic carbocycles. The molecule has 5 rings (SSSR count). The number of halogens is 2. The molecule has 0 aromatic rings. The number of hydrogen-bond donors (Lipinski definition) is 0. The minimum Gasteiger partial charge on any atom is -0.298 e. The van der Waals surface area contributed by atoms with Gasteiger partial charge in [-0.2, -0.15) is 0 Å². The number of hydrogen-bond acceptors (Lipinski definition) is 1. The van der Waals surface area contributed by atoms with Crippen molar-refractivity contribution < 1.29 is 4.79 Å². The third-order valence-corrected chi connectivity index (χ3v) is 16.3. The van der Waals surface area contributed by atoms with Crippen molar-refractivity contribution in [1.82, 2.24) is 0 Å². The minimum absolute atomic E-state index is 0.441. The van der Waals surface area contributed by atoms with Gasteiger partial charge >= 0.3 is 0 Å². The molecule has 0 bridgehead atoms. The van der Waals surface area contributed by atoms with Crippen molar-refractivity contribution in [3.8, 4) is 0 Å². The second-order valence-electron chi connectivity index (χ2n) is 17.4. The maximum Gasteiger partial charge on any atom is 0.151 e. The number of rotatable bonds is 16. The van der Waals surface area contributed by atoms with Crippen LogP contribution in [0.25, 0.3) is 0 Å². The summed E-state index contributed by atoms with van der Waals surface area (Å²) in [5.41, 5.74) is -0.883. The number of ketones is 1. The first-order valence-corrected chi connectivity index (χ1v) is 21.5. The molecule has 45 heavy (non-hydrogen) atoms. The summed E-state index contributed by atoms with van der Waals surface area (Å²) in [5, 5.41) is 0. The molecule has 260 valence electrons. The summed E-state index contributed by atoms with van der Waals surface area (Å²) < 4.78 is -0.837. The van der Waals surface area contributed by atoms with Gasteiger partial charge in [0.2, 0.25) is 0 Å². The third-order valence-electron chi connectivity index (χ3n) is 14.9. The van der Waals surface area contributed by atoms with Crippen LogP contribution in [0.5, 0.6) is 0 Å². The van der Waals surface area contributed by atoms with E-state index < -0.39 is 15.2 Å². The topological polar surface area (TPSA) is 17.1 Å². The van der Waals surface area contributed by atoms with E-state index in [1.165, 1.54) is 167 Å². The predicted molar refractivity (Wildman–Crippen MR) is 195 cm³/mol. The van der Waals surface area contributed by atoms with Gasteiger partial charge in [-0.1, -0.05) is 153 Å². The second kappa shape index (κ2) is 17.3. The van der Waals surface area contributed by atoms with Crippen LogP contribution >= 0.6 is 23.2 Å². The molecular formula is C42H72Cl2O. The van der Waals surface area contributed by atoms with Gasteiger partial charge in [0.05, 0.1) is 10.8 Å². The maximum absolute atomic E-state index is 14.2. The van der Waals surface area contributed by atoms with Gasteiger partial charge in [-0.05, 0) is 113 Å². The Labute approximate surface area is 289 Å². The summed E-state index contributed by atoms with van der Waals surface area (Å²) in [4.78, 5) is 14.2. The van der Waals surface area contributed by atoms with Crippen LogP contribution in [-0.2, 0) is 4.79 Å². The van der Waals surface area contributed by atoms with E-state index in [1.807, 2.05) is 0 Å². The van der Waals surface area contributed by atoms with E-state index in [0.717, 1.165) is 61.2 Å². The molecule has 5 saturated carbocycles. The fourth-order valence-electron chi connectivity index (χ4n) is 11.8. The third kappa shape index (κ3) is 8.18. The Bertz CT molecular complexity index is 795. The van der Waals surface area contributed by atoms with E-state index in [2.05, 4.69) is 13.8 Å². The lowest BCUT2D eigenvalue weighted by Crippen LogP contribution is -2.74. The Morgan fingerprint density at radius 1 is 0.467 bits per heavy atom. The zero-order valence-electron chi connectivity index (χ0n) is 29.8. The molecule has 0 saturated heterocycles. The highest BCUT2D eigenvalue weighted by atomic mass is 35.5. The largest absolute Gasteiger partial charge is 0.298 e. The molecule has 0 amide bonds. The Morgan fingerprint density at radius 2 is 0.778 bits per heavy atom. The number of unbranched alkanes of at least 4 members (excludes halogenated alkanes) is 10. The van der Waals surface area contributed by atoms with Gasteiger partial charge in [0.1, 0.15) is 4.33 Å². The van der Waals surface area contributed by atoms with Crippen LogP contribution < -0.4 is 0 Å². The highest BCUT2D eigenvalue weighted by Crippen LogP contribution is 2.75. The number of carbonyl (C=O) groups is 1. The predicted octanol–water partition coefficient (Wildman–Crippen LogP) is 14.2. The van der Waals surface area contributed by atoms with Crippen molar-refractivity contribution in [2.45, 2.75) is 211 Å². The second-order valence-corrected chi connectivity index (χ2v) is 18.7. The van der Waals surface area contributed by atoms with Gasteiger partial charge in [0.25, 0.3) is 0 Å². The maximum atomic E-state index is 14.2. The average molecular weight is 664 g/mol. The summed E-state index contributed by atoms with van der Waals surface area (Å²) in [5.74, 6) is 5.79. The van der Waals surface area contributed by atoms with E-state index in [-0.39, 0.29) is 0 Å². The first kappa shape index (κ1) is 36.5. The molecule has 5 aliphatic rings. The molecule has 0 heterocycles. The quantitative estimate of drug-likeness (QED) is 0.119. The van der Waals surface area contributed by atoms with E-state index in [1.54, 1.807) is 0 Å². The Balaban J connectivity index is 0.999. The van der Waals surface area contributed by atoms with Gasteiger partial charge in [-0.15, -0.1) is 0 Å². The zero-order chi connectivity index (χ0) is 31.8. The van der Waals surface area contributed by atoms with Crippen LogP contribution in [0.2, 0.25) is 0 Å². The highest BCUT2D eigenvalue weighted by molar-refractivity contribution is 6.55. The number of Topliss-reactive ketones (excluding diaryl/α,β-unsaturated/α-hetero) is 1. The molecule has 0 atom stereocenters. The first-order valence-electron chi connectivity index (χ1n) is 20.8. The van der Waals surface area contributed by atoms with Crippen molar-refractivity contribution in [2.75, 3.05) is 0 Å². The number of alkyl halides is 2. The number of carbonyl (C=O) groups excluding carboxylic acids is 1.